The van der Waals surface area contributed by atoms with Crippen molar-refractivity contribution in [3.8, 4) is 5.75 Å². The van der Waals surface area contributed by atoms with Gasteiger partial charge in [0.15, 0.2) is 11.6 Å². The Morgan fingerprint density at radius 2 is 2.03 bits per heavy atom. The van der Waals surface area contributed by atoms with E-state index in [9.17, 15) is 14.0 Å². The van der Waals surface area contributed by atoms with E-state index in [2.05, 4.69) is 0 Å². The van der Waals surface area contributed by atoms with Crippen molar-refractivity contribution < 1.29 is 18.7 Å². The number of para-hydroxylation sites is 1. The highest BCUT2D eigenvalue weighted by Gasteiger charge is 2.34. The summed E-state index contributed by atoms with van der Waals surface area (Å²) in [6.07, 6.45) is 1.44. The Hall–Kier alpha value is -2.90. The number of carbonyl (C=O) groups is 2. The second-order valence-corrected chi connectivity index (χ2v) is 10.0. The number of hydrogen-bond acceptors (Lipinski definition) is 4. The maximum absolute atomic E-state index is 14.2. The molecule has 0 saturated carbocycles. The summed E-state index contributed by atoms with van der Waals surface area (Å²) >= 11 is 7.75. The summed E-state index contributed by atoms with van der Waals surface area (Å²) in [4.78, 5) is 31.5. The second-order valence-electron chi connectivity index (χ2n) is 8.59. The number of halogens is 2. The molecular formula is C27H28ClFN2O3S. The quantitative estimate of drug-likeness (QED) is 0.371. The van der Waals surface area contributed by atoms with Crippen LogP contribution in [0, 0.1) is 5.82 Å². The summed E-state index contributed by atoms with van der Waals surface area (Å²) in [5.41, 5.74) is 1.46. The average molecular weight is 515 g/mol. The SMILES string of the molecule is CC[C@H](C)N(CC(=O)N1CCc2sccc2[C@@H]1COc1ccccc1F)C(=O)c1cccc(Cl)c1. The Labute approximate surface area is 214 Å². The third-order valence-electron chi connectivity index (χ3n) is 6.41. The summed E-state index contributed by atoms with van der Waals surface area (Å²) in [5.74, 6) is -0.691. The van der Waals surface area contributed by atoms with E-state index in [1.807, 2.05) is 25.3 Å². The van der Waals surface area contributed by atoms with E-state index in [1.54, 1.807) is 63.6 Å². The van der Waals surface area contributed by atoms with E-state index < -0.39 is 5.82 Å². The lowest BCUT2D eigenvalue weighted by molar-refractivity contribution is -0.136. The van der Waals surface area contributed by atoms with Crippen LogP contribution >= 0.6 is 22.9 Å². The predicted octanol–water partition coefficient (Wildman–Crippen LogP) is 5.99. The molecule has 4 rings (SSSR count). The van der Waals surface area contributed by atoms with E-state index in [-0.39, 0.29) is 42.8 Å². The first-order chi connectivity index (χ1) is 16.9. The molecule has 0 N–H and O–H groups in total. The van der Waals surface area contributed by atoms with Gasteiger partial charge in [0.25, 0.3) is 5.91 Å². The average Bonchev–Trinajstić information content (AvgIpc) is 3.35. The van der Waals surface area contributed by atoms with Crippen molar-refractivity contribution in [1.29, 1.82) is 0 Å². The van der Waals surface area contributed by atoms with Gasteiger partial charge in [0.1, 0.15) is 13.2 Å². The lowest BCUT2D eigenvalue weighted by atomic mass is 10.00. The van der Waals surface area contributed by atoms with Gasteiger partial charge in [-0.2, -0.15) is 0 Å². The van der Waals surface area contributed by atoms with E-state index in [1.165, 1.54) is 10.9 Å². The highest BCUT2D eigenvalue weighted by Crippen LogP contribution is 2.34. The van der Waals surface area contributed by atoms with Crippen LogP contribution in [0.25, 0.3) is 0 Å². The summed E-state index contributed by atoms with van der Waals surface area (Å²) in [5, 5.41) is 2.47. The van der Waals surface area contributed by atoms with Gasteiger partial charge in [0, 0.05) is 28.0 Å². The number of benzene rings is 2. The molecule has 2 amide bonds. The zero-order valence-electron chi connectivity index (χ0n) is 19.7. The van der Waals surface area contributed by atoms with Gasteiger partial charge in [-0.15, -0.1) is 11.3 Å². The van der Waals surface area contributed by atoms with E-state index in [0.29, 0.717) is 23.6 Å². The summed E-state index contributed by atoms with van der Waals surface area (Å²) in [7, 11) is 0. The van der Waals surface area contributed by atoms with Crippen LogP contribution in [0.1, 0.15) is 47.1 Å². The van der Waals surface area contributed by atoms with Gasteiger partial charge in [-0.05, 0) is 67.1 Å². The molecule has 0 aliphatic carbocycles. The van der Waals surface area contributed by atoms with E-state index >= 15 is 0 Å². The van der Waals surface area contributed by atoms with Crippen LogP contribution in [-0.4, -0.2) is 47.4 Å². The molecule has 0 fully saturated rings. The van der Waals surface area contributed by atoms with Crippen LogP contribution in [0.15, 0.2) is 60.0 Å². The molecule has 2 heterocycles. The minimum absolute atomic E-state index is 0.0595. The smallest absolute Gasteiger partial charge is 0.254 e. The highest BCUT2D eigenvalue weighted by atomic mass is 35.5. The molecule has 35 heavy (non-hydrogen) atoms. The van der Waals surface area contributed by atoms with Gasteiger partial charge in [-0.3, -0.25) is 9.59 Å². The molecular weight excluding hydrogens is 487 g/mol. The fourth-order valence-corrected chi connectivity index (χ4v) is 5.40. The maximum atomic E-state index is 14.2. The topological polar surface area (TPSA) is 49.9 Å². The summed E-state index contributed by atoms with van der Waals surface area (Å²) < 4.78 is 20.0. The number of ether oxygens (including phenoxy) is 1. The van der Waals surface area contributed by atoms with Crippen LogP contribution in [0.5, 0.6) is 5.75 Å². The van der Waals surface area contributed by atoms with Crippen molar-refractivity contribution in [2.45, 2.75) is 38.8 Å². The Morgan fingerprint density at radius 3 is 2.77 bits per heavy atom. The van der Waals surface area contributed by atoms with Crippen LogP contribution in [0.3, 0.4) is 0 Å². The molecule has 184 valence electrons. The molecule has 8 heteroatoms. The van der Waals surface area contributed by atoms with Crippen LogP contribution in [0.2, 0.25) is 5.02 Å². The number of hydrogen-bond donors (Lipinski definition) is 0. The van der Waals surface area contributed by atoms with Crippen LogP contribution in [0.4, 0.5) is 4.39 Å². The number of rotatable bonds is 8. The van der Waals surface area contributed by atoms with Gasteiger partial charge in [0.2, 0.25) is 5.91 Å². The number of thiophene rings is 1. The van der Waals surface area contributed by atoms with Gasteiger partial charge in [0.05, 0.1) is 6.04 Å². The third kappa shape index (κ3) is 5.68. The first kappa shape index (κ1) is 25.2. The van der Waals surface area contributed by atoms with E-state index in [4.69, 9.17) is 16.3 Å². The molecule has 1 aliphatic rings. The molecule has 0 bridgehead atoms. The molecule has 1 aromatic heterocycles. The van der Waals surface area contributed by atoms with Crippen molar-refractivity contribution >= 4 is 34.8 Å². The predicted molar refractivity (Wildman–Crippen MR) is 137 cm³/mol. The molecule has 1 aliphatic heterocycles. The van der Waals surface area contributed by atoms with Crippen molar-refractivity contribution in [2.75, 3.05) is 19.7 Å². The van der Waals surface area contributed by atoms with Crippen molar-refractivity contribution in [1.82, 2.24) is 9.80 Å². The minimum Gasteiger partial charge on any atom is -0.488 e. The number of carbonyl (C=O) groups excluding carboxylic acids is 2. The fourth-order valence-electron chi connectivity index (χ4n) is 4.28. The Kier molecular flexibility index (Phi) is 8.08. The molecule has 0 radical (unpaired) electrons. The van der Waals surface area contributed by atoms with Gasteiger partial charge < -0.3 is 14.5 Å². The van der Waals surface area contributed by atoms with Crippen molar-refractivity contribution in [3.63, 3.8) is 0 Å². The molecule has 0 unspecified atom stereocenters. The summed E-state index contributed by atoms with van der Waals surface area (Å²) in [6, 6.07) is 14.5. The van der Waals surface area contributed by atoms with E-state index in [0.717, 1.165) is 12.0 Å². The zero-order valence-corrected chi connectivity index (χ0v) is 21.3. The lowest BCUT2D eigenvalue weighted by Gasteiger charge is -2.38. The van der Waals surface area contributed by atoms with Crippen LogP contribution < -0.4 is 4.74 Å². The van der Waals surface area contributed by atoms with Crippen molar-refractivity contribution in [2.24, 2.45) is 0 Å². The van der Waals surface area contributed by atoms with Crippen LogP contribution in [-0.2, 0) is 11.2 Å². The maximum Gasteiger partial charge on any atom is 0.254 e. The largest absolute Gasteiger partial charge is 0.488 e. The number of fused-ring (bicyclic) bond motifs is 1. The molecule has 3 aromatic rings. The first-order valence-corrected chi connectivity index (χ1v) is 12.9. The monoisotopic (exact) mass is 514 g/mol. The Morgan fingerprint density at radius 1 is 1.23 bits per heavy atom. The third-order valence-corrected chi connectivity index (χ3v) is 7.64. The Bertz CT molecular complexity index is 1200. The van der Waals surface area contributed by atoms with Gasteiger partial charge in [-0.25, -0.2) is 4.39 Å². The molecule has 0 spiro atoms. The normalized spacial score (nSPS) is 15.9. The van der Waals surface area contributed by atoms with Crippen molar-refractivity contribution in [3.05, 3.63) is 86.8 Å². The molecule has 0 saturated heterocycles. The lowest BCUT2D eigenvalue weighted by Crippen LogP contribution is -2.49. The molecule has 5 nitrogen and oxygen atoms in total. The second kappa shape index (κ2) is 11.2. The molecule has 2 aromatic carbocycles. The number of nitrogens with zero attached hydrogens (tertiary/aromatic N) is 2. The first-order valence-electron chi connectivity index (χ1n) is 11.7. The molecule has 2 atom stereocenters. The highest BCUT2D eigenvalue weighted by molar-refractivity contribution is 7.10. The standard InChI is InChI=1S/C27H28ClFN2O3S/c1-3-18(2)31(27(33)19-7-6-8-20(28)15-19)16-26(32)30-13-11-25-21(12-14-35-25)23(30)17-34-24-10-5-4-9-22(24)29/h4-10,12,14-15,18,23H,3,11,13,16-17H2,1-2H3/t18-,23-/m0/s1. The number of amides is 2. The van der Waals surface area contributed by atoms with Gasteiger partial charge in [-0.1, -0.05) is 36.7 Å². The summed E-state index contributed by atoms with van der Waals surface area (Å²) in [6.45, 7) is 4.49. The zero-order chi connectivity index (χ0) is 24.9. The van der Waals surface area contributed by atoms with Gasteiger partial charge >= 0.3 is 0 Å². The Balaban J connectivity index is 1.56. The fraction of sp³-hybridized carbons (Fsp3) is 0.333. The minimum atomic E-state index is -0.443.